The second-order valence-electron chi connectivity index (χ2n) is 7.75. The fraction of sp³-hybridized carbons (Fsp3) is 0.185. The third kappa shape index (κ3) is 4.37. The summed E-state index contributed by atoms with van der Waals surface area (Å²) < 4.78 is 15.7. The summed E-state index contributed by atoms with van der Waals surface area (Å²) in [6, 6.07) is 16.7. The van der Waals surface area contributed by atoms with Crippen molar-refractivity contribution in [1.82, 2.24) is 4.57 Å². The third-order valence-corrected chi connectivity index (χ3v) is 5.42. The summed E-state index contributed by atoms with van der Waals surface area (Å²) in [4.78, 5) is 11.3. The number of benzene rings is 3. The Hall–Kier alpha value is -3.93. The first-order chi connectivity index (χ1) is 15.8. The smallest absolute Gasteiger partial charge is 0.335 e. The minimum absolute atomic E-state index is 0.0938. The number of nitrogens with one attached hydrogen (secondary N) is 1. The molecule has 0 amide bonds. The summed E-state index contributed by atoms with van der Waals surface area (Å²) in [6.07, 6.45) is 1.22. The SMILES string of the molecule is CC.CC(C)c1c(-c2ccc(C(=O)O)cc2)c2cc(N)c(C=N)cc2n1-c1ccc(F)cc1. The Balaban J connectivity index is 0.00000149. The molecule has 0 saturated carbocycles. The van der Waals surface area contributed by atoms with E-state index in [-0.39, 0.29) is 17.3 Å². The van der Waals surface area contributed by atoms with Crippen LogP contribution < -0.4 is 5.73 Å². The van der Waals surface area contributed by atoms with Gasteiger partial charge in [-0.3, -0.25) is 0 Å². The van der Waals surface area contributed by atoms with Gasteiger partial charge in [0.1, 0.15) is 5.82 Å². The van der Waals surface area contributed by atoms with E-state index in [1.165, 1.54) is 18.3 Å². The molecule has 33 heavy (non-hydrogen) atoms. The first-order valence-corrected chi connectivity index (χ1v) is 10.9. The summed E-state index contributed by atoms with van der Waals surface area (Å²) >= 11 is 0. The number of anilines is 1. The van der Waals surface area contributed by atoms with Crippen molar-refractivity contribution < 1.29 is 14.3 Å². The number of halogens is 1. The molecule has 1 aromatic heterocycles. The molecule has 4 aromatic rings. The quantitative estimate of drug-likeness (QED) is 0.231. The number of nitrogens with zero attached hydrogens (tertiary/aromatic N) is 1. The second kappa shape index (κ2) is 9.69. The lowest BCUT2D eigenvalue weighted by atomic mass is 9.95. The lowest BCUT2D eigenvalue weighted by Gasteiger charge is -2.16. The summed E-state index contributed by atoms with van der Waals surface area (Å²) in [5.74, 6) is -1.21. The minimum Gasteiger partial charge on any atom is -0.478 e. The zero-order valence-corrected chi connectivity index (χ0v) is 19.2. The number of nitrogen functional groups attached to an aromatic ring is 1. The van der Waals surface area contributed by atoms with E-state index in [1.54, 1.807) is 36.4 Å². The molecule has 5 nitrogen and oxygen atoms in total. The van der Waals surface area contributed by atoms with E-state index in [2.05, 4.69) is 18.4 Å². The molecule has 0 atom stereocenters. The molecule has 0 fully saturated rings. The van der Waals surface area contributed by atoms with Gasteiger partial charge in [0.05, 0.1) is 11.1 Å². The summed E-state index contributed by atoms with van der Waals surface area (Å²) in [6.45, 7) is 8.15. The molecule has 0 bridgehead atoms. The number of carboxylic acid groups (broad SMARTS) is 1. The normalized spacial score (nSPS) is 10.7. The van der Waals surface area contributed by atoms with Gasteiger partial charge in [0.25, 0.3) is 0 Å². The number of hydrogen-bond acceptors (Lipinski definition) is 3. The zero-order chi connectivity index (χ0) is 24.3. The Morgan fingerprint density at radius 2 is 1.67 bits per heavy atom. The van der Waals surface area contributed by atoms with Gasteiger partial charge in [-0.25, -0.2) is 9.18 Å². The number of carboxylic acids is 1. The fourth-order valence-electron chi connectivity index (χ4n) is 4.01. The van der Waals surface area contributed by atoms with Crippen LogP contribution in [0.4, 0.5) is 10.1 Å². The average Bonchev–Trinajstić information content (AvgIpc) is 3.14. The Morgan fingerprint density at radius 3 is 2.18 bits per heavy atom. The Bertz CT molecular complexity index is 1300. The molecule has 0 spiro atoms. The number of rotatable bonds is 5. The summed E-state index contributed by atoms with van der Waals surface area (Å²) in [5.41, 5.74) is 11.9. The predicted octanol–water partition coefficient (Wildman–Crippen LogP) is 6.86. The van der Waals surface area contributed by atoms with E-state index in [4.69, 9.17) is 11.1 Å². The van der Waals surface area contributed by atoms with Crippen LogP contribution in [0.2, 0.25) is 0 Å². The first-order valence-electron chi connectivity index (χ1n) is 10.9. The Morgan fingerprint density at radius 1 is 1.06 bits per heavy atom. The fourth-order valence-corrected chi connectivity index (χ4v) is 4.01. The number of carbonyl (C=O) groups is 1. The molecule has 6 heteroatoms. The lowest BCUT2D eigenvalue weighted by Crippen LogP contribution is -2.03. The van der Waals surface area contributed by atoms with Crippen LogP contribution in [0.5, 0.6) is 0 Å². The van der Waals surface area contributed by atoms with Gasteiger partial charge >= 0.3 is 5.97 Å². The van der Waals surface area contributed by atoms with Crippen molar-refractivity contribution in [2.75, 3.05) is 5.73 Å². The molecule has 0 radical (unpaired) electrons. The van der Waals surface area contributed by atoms with Gasteiger partial charge in [-0.1, -0.05) is 39.8 Å². The second-order valence-corrected chi connectivity index (χ2v) is 7.75. The van der Waals surface area contributed by atoms with Crippen molar-refractivity contribution in [2.24, 2.45) is 0 Å². The summed E-state index contributed by atoms with van der Waals surface area (Å²) in [7, 11) is 0. The van der Waals surface area contributed by atoms with E-state index >= 15 is 0 Å². The predicted molar refractivity (Wildman–Crippen MR) is 133 cm³/mol. The maximum Gasteiger partial charge on any atom is 0.335 e. The number of hydrogen-bond donors (Lipinski definition) is 3. The van der Waals surface area contributed by atoms with Crippen LogP contribution in [0.1, 0.15) is 55.2 Å². The van der Waals surface area contributed by atoms with Crippen LogP contribution in [0.3, 0.4) is 0 Å². The van der Waals surface area contributed by atoms with Gasteiger partial charge in [0, 0.05) is 39.8 Å². The molecular weight excluding hydrogens is 417 g/mol. The van der Waals surface area contributed by atoms with Crippen LogP contribution in [-0.2, 0) is 0 Å². The van der Waals surface area contributed by atoms with Crippen LogP contribution in [0, 0.1) is 11.2 Å². The highest BCUT2D eigenvalue weighted by atomic mass is 19.1. The third-order valence-electron chi connectivity index (χ3n) is 5.42. The van der Waals surface area contributed by atoms with Crippen LogP contribution >= 0.6 is 0 Å². The molecule has 0 unspecified atom stereocenters. The van der Waals surface area contributed by atoms with Gasteiger partial charge in [-0.15, -0.1) is 0 Å². The zero-order valence-electron chi connectivity index (χ0n) is 19.2. The summed E-state index contributed by atoms with van der Waals surface area (Å²) in [5, 5.41) is 17.9. The molecule has 1 heterocycles. The number of fused-ring (bicyclic) bond motifs is 1. The molecule has 0 saturated heterocycles. The first kappa shape index (κ1) is 23.7. The van der Waals surface area contributed by atoms with E-state index in [0.29, 0.717) is 11.3 Å². The molecule has 4 N–H and O–H groups in total. The highest BCUT2D eigenvalue weighted by molar-refractivity contribution is 6.04. The van der Waals surface area contributed by atoms with Gasteiger partial charge in [0.2, 0.25) is 0 Å². The van der Waals surface area contributed by atoms with Crippen molar-refractivity contribution in [2.45, 2.75) is 33.6 Å². The Kier molecular flexibility index (Phi) is 6.97. The number of nitrogens with two attached hydrogens (primary N) is 1. The van der Waals surface area contributed by atoms with E-state index in [1.807, 2.05) is 26.0 Å². The van der Waals surface area contributed by atoms with Crippen LogP contribution in [-0.4, -0.2) is 21.9 Å². The molecule has 170 valence electrons. The van der Waals surface area contributed by atoms with E-state index in [9.17, 15) is 14.3 Å². The minimum atomic E-state index is -0.982. The molecule has 0 aliphatic heterocycles. The van der Waals surface area contributed by atoms with Crippen molar-refractivity contribution >= 4 is 28.8 Å². The van der Waals surface area contributed by atoms with Gasteiger partial charge in [-0.2, -0.15) is 0 Å². The van der Waals surface area contributed by atoms with Crippen molar-refractivity contribution in [3.63, 3.8) is 0 Å². The maximum atomic E-state index is 13.6. The average molecular weight is 446 g/mol. The topological polar surface area (TPSA) is 92.1 Å². The van der Waals surface area contributed by atoms with Gasteiger partial charge in [-0.05, 0) is 60.0 Å². The largest absolute Gasteiger partial charge is 0.478 e. The highest BCUT2D eigenvalue weighted by Crippen LogP contribution is 2.42. The standard InChI is InChI=1S/C25H22FN3O2.C2H6/c1-14(2)24-23(15-3-5-16(6-4-15)25(30)31)20-12-21(28)17(13-27)11-22(20)29(24)19-9-7-18(26)8-10-19;1-2/h3-14,27H,28H2,1-2H3,(H,30,31);1-2H3. The van der Waals surface area contributed by atoms with E-state index in [0.717, 1.165) is 33.4 Å². The highest BCUT2D eigenvalue weighted by Gasteiger charge is 2.23. The maximum absolute atomic E-state index is 13.6. The van der Waals surface area contributed by atoms with E-state index < -0.39 is 5.97 Å². The molecule has 3 aromatic carbocycles. The Labute approximate surface area is 192 Å². The number of aromatic carboxylic acids is 1. The van der Waals surface area contributed by atoms with Gasteiger partial charge < -0.3 is 20.8 Å². The lowest BCUT2D eigenvalue weighted by molar-refractivity contribution is 0.0697. The monoisotopic (exact) mass is 445 g/mol. The number of aromatic nitrogens is 1. The van der Waals surface area contributed by atoms with Crippen LogP contribution in [0.25, 0.3) is 27.7 Å². The molecule has 4 rings (SSSR count). The van der Waals surface area contributed by atoms with Gasteiger partial charge in [0.15, 0.2) is 0 Å². The van der Waals surface area contributed by atoms with Crippen molar-refractivity contribution in [1.29, 1.82) is 5.41 Å². The van der Waals surface area contributed by atoms with Crippen molar-refractivity contribution in [3.05, 3.63) is 83.3 Å². The molecule has 0 aliphatic carbocycles. The molecular formula is C27H28FN3O2. The van der Waals surface area contributed by atoms with Crippen molar-refractivity contribution in [3.8, 4) is 16.8 Å². The molecule has 0 aliphatic rings. The van der Waals surface area contributed by atoms with Crippen LogP contribution in [0.15, 0.2) is 60.7 Å².